The van der Waals surface area contributed by atoms with Gasteiger partial charge in [-0.15, -0.1) is 0 Å². The van der Waals surface area contributed by atoms with Gasteiger partial charge in [-0.25, -0.2) is 0 Å². The van der Waals surface area contributed by atoms with Gasteiger partial charge in [0.25, 0.3) is 5.92 Å². The third kappa shape index (κ3) is 5.26. The molecule has 3 N–H and O–H groups in total. The molecule has 1 saturated heterocycles. The number of hydrogen-bond donors (Lipinski definition) is 3. The quantitative estimate of drug-likeness (QED) is 0.630. The van der Waals surface area contributed by atoms with Gasteiger partial charge in [-0.1, -0.05) is 36.8 Å². The van der Waals surface area contributed by atoms with Crippen molar-refractivity contribution < 1.29 is 33.3 Å². The Balaban J connectivity index is 1.98. The summed E-state index contributed by atoms with van der Waals surface area (Å²) in [6.07, 6.45) is -3.84. The lowest BCUT2D eigenvalue weighted by atomic mass is 9.91. The van der Waals surface area contributed by atoms with E-state index >= 15 is 8.78 Å². The number of aliphatic hydroxyl groups excluding tert-OH is 2. The molecule has 2 aromatic rings. The molecule has 1 heterocycles. The summed E-state index contributed by atoms with van der Waals surface area (Å²) in [6, 6.07) is 11.2. The molecular weight excluding hydrogens is 420 g/mol. The van der Waals surface area contributed by atoms with Gasteiger partial charge in [0.05, 0.1) is 18.8 Å². The number of rotatable bonds is 6. The van der Waals surface area contributed by atoms with Crippen LogP contribution in [0.4, 0.5) is 8.78 Å². The monoisotopic (exact) mass is 449 g/mol. The first-order chi connectivity index (χ1) is 15.0. The maximum absolute atomic E-state index is 15.0. The van der Waals surface area contributed by atoms with Crippen LogP contribution in [-0.2, 0) is 15.5 Å². The van der Waals surface area contributed by atoms with Crippen LogP contribution in [0.15, 0.2) is 42.5 Å². The molecule has 2 aromatic carbocycles. The standard InChI is InChI=1S/C24H29F2NO5/c1-13-6-5-7-17(10-13)19-11-18(8-9-20(19)24(25,26)12-27-16(4)28)32-23-22(30)21(29)14(2)15(3)31-23/h5-11,14-15,21-23,29-30H,12H2,1-4H3,(H,27,28)/t14-,15-,21+,22+,23-/m0/s1. The largest absolute Gasteiger partial charge is 0.462 e. The molecule has 6 nitrogen and oxygen atoms in total. The highest BCUT2D eigenvalue weighted by Crippen LogP contribution is 2.39. The Labute approximate surface area is 186 Å². The van der Waals surface area contributed by atoms with Gasteiger partial charge in [0.1, 0.15) is 11.9 Å². The smallest absolute Gasteiger partial charge is 0.290 e. The highest BCUT2D eigenvalue weighted by atomic mass is 19.3. The van der Waals surface area contributed by atoms with Gasteiger partial charge in [-0.3, -0.25) is 4.79 Å². The van der Waals surface area contributed by atoms with Crippen LogP contribution in [0.1, 0.15) is 31.9 Å². The van der Waals surface area contributed by atoms with Crippen LogP contribution >= 0.6 is 0 Å². The molecule has 3 rings (SSSR count). The minimum atomic E-state index is -3.33. The van der Waals surface area contributed by atoms with Gasteiger partial charge in [0.15, 0.2) is 0 Å². The van der Waals surface area contributed by atoms with Crippen molar-refractivity contribution >= 4 is 5.91 Å². The molecule has 0 bridgehead atoms. The molecule has 32 heavy (non-hydrogen) atoms. The topological polar surface area (TPSA) is 88.0 Å². The lowest BCUT2D eigenvalue weighted by Crippen LogP contribution is -2.54. The van der Waals surface area contributed by atoms with Crippen LogP contribution in [-0.4, -0.2) is 47.3 Å². The fourth-order valence-electron chi connectivity index (χ4n) is 3.70. The minimum Gasteiger partial charge on any atom is -0.462 e. The van der Waals surface area contributed by atoms with E-state index in [1.807, 2.05) is 13.0 Å². The maximum Gasteiger partial charge on any atom is 0.290 e. The molecule has 0 aromatic heterocycles. The Morgan fingerprint density at radius 1 is 1.16 bits per heavy atom. The summed E-state index contributed by atoms with van der Waals surface area (Å²) in [4.78, 5) is 11.2. The molecule has 1 aliphatic rings. The van der Waals surface area contributed by atoms with E-state index in [1.165, 1.54) is 25.1 Å². The van der Waals surface area contributed by atoms with E-state index in [0.29, 0.717) is 5.56 Å². The van der Waals surface area contributed by atoms with Gasteiger partial charge in [0, 0.05) is 18.4 Å². The SMILES string of the molecule is CC(=O)NCC(F)(F)c1ccc(O[C@@H]2O[C@@H](C)[C@H](C)[C@@H](O)[C@H]2O)cc1-c1cccc(C)c1. The summed E-state index contributed by atoms with van der Waals surface area (Å²) < 4.78 is 41.5. The molecule has 5 atom stereocenters. The normalized spacial score (nSPS) is 25.9. The number of hydrogen-bond acceptors (Lipinski definition) is 5. The number of amides is 1. The second kappa shape index (κ2) is 9.52. The molecule has 1 aliphatic heterocycles. The van der Waals surface area contributed by atoms with Crippen molar-refractivity contribution in [1.82, 2.24) is 5.32 Å². The molecule has 0 spiro atoms. The Kier molecular flexibility index (Phi) is 7.17. The fraction of sp³-hybridized carbons (Fsp3) is 0.458. The molecule has 0 radical (unpaired) electrons. The van der Waals surface area contributed by atoms with E-state index in [2.05, 4.69) is 5.32 Å². The fourth-order valence-corrected chi connectivity index (χ4v) is 3.70. The van der Waals surface area contributed by atoms with Crippen molar-refractivity contribution in [2.24, 2.45) is 5.92 Å². The van der Waals surface area contributed by atoms with E-state index < -0.39 is 36.9 Å². The Bertz CT molecular complexity index is 967. The van der Waals surface area contributed by atoms with Crippen LogP contribution in [0.25, 0.3) is 11.1 Å². The zero-order valence-corrected chi connectivity index (χ0v) is 18.5. The molecule has 0 saturated carbocycles. The minimum absolute atomic E-state index is 0.207. The van der Waals surface area contributed by atoms with Crippen LogP contribution in [0.5, 0.6) is 5.75 Å². The first-order valence-electron chi connectivity index (χ1n) is 10.5. The molecule has 1 fully saturated rings. The second-order valence-corrected chi connectivity index (χ2v) is 8.36. The number of nitrogens with one attached hydrogen (secondary N) is 1. The van der Waals surface area contributed by atoms with Crippen molar-refractivity contribution in [3.05, 3.63) is 53.6 Å². The molecule has 0 unspecified atom stereocenters. The summed E-state index contributed by atoms with van der Waals surface area (Å²) in [5, 5.41) is 22.8. The van der Waals surface area contributed by atoms with Crippen LogP contribution in [0, 0.1) is 12.8 Å². The number of aryl methyl sites for hydroxylation is 1. The zero-order chi connectivity index (χ0) is 23.6. The highest BCUT2D eigenvalue weighted by Gasteiger charge is 2.42. The van der Waals surface area contributed by atoms with E-state index in [4.69, 9.17) is 9.47 Å². The number of ether oxygens (including phenoxy) is 2. The Hall–Kier alpha value is -2.55. The number of benzene rings is 2. The third-order valence-corrected chi connectivity index (χ3v) is 5.78. The molecule has 174 valence electrons. The van der Waals surface area contributed by atoms with Crippen molar-refractivity contribution in [2.75, 3.05) is 6.54 Å². The highest BCUT2D eigenvalue weighted by molar-refractivity contribution is 5.73. The van der Waals surface area contributed by atoms with Gasteiger partial charge >= 0.3 is 0 Å². The summed E-state index contributed by atoms with van der Waals surface area (Å²) >= 11 is 0. The van der Waals surface area contributed by atoms with Gasteiger partial charge in [-0.05, 0) is 43.2 Å². The number of alkyl halides is 2. The lowest BCUT2D eigenvalue weighted by Gasteiger charge is -2.40. The van der Waals surface area contributed by atoms with Gasteiger partial charge < -0.3 is 25.0 Å². The number of aliphatic hydroxyl groups is 2. The van der Waals surface area contributed by atoms with E-state index in [-0.39, 0.29) is 28.9 Å². The average Bonchev–Trinajstić information content (AvgIpc) is 2.74. The average molecular weight is 449 g/mol. The lowest BCUT2D eigenvalue weighted by molar-refractivity contribution is -0.251. The summed E-state index contributed by atoms with van der Waals surface area (Å²) in [7, 11) is 0. The van der Waals surface area contributed by atoms with Crippen molar-refractivity contribution in [3.8, 4) is 16.9 Å². The predicted octanol–water partition coefficient (Wildman–Crippen LogP) is 3.37. The number of halogens is 2. The summed E-state index contributed by atoms with van der Waals surface area (Å²) in [5.74, 6) is -3.96. The maximum atomic E-state index is 15.0. The Morgan fingerprint density at radius 3 is 2.53 bits per heavy atom. The summed E-state index contributed by atoms with van der Waals surface area (Å²) in [5.41, 5.74) is 1.41. The molecule has 1 amide bonds. The third-order valence-electron chi connectivity index (χ3n) is 5.78. The van der Waals surface area contributed by atoms with Crippen LogP contribution in [0.2, 0.25) is 0 Å². The molecule has 0 aliphatic carbocycles. The second-order valence-electron chi connectivity index (χ2n) is 8.36. The first-order valence-corrected chi connectivity index (χ1v) is 10.5. The number of carbonyl (C=O) groups excluding carboxylic acids is 1. The van der Waals surface area contributed by atoms with E-state index in [0.717, 1.165) is 5.56 Å². The molecular formula is C24H29F2NO5. The molecule has 8 heteroatoms. The van der Waals surface area contributed by atoms with Crippen molar-refractivity contribution in [2.45, 2.75) is 58.2 Å². The summed E-state index contributed by atoms with van der Waals surface area (Å²) in [6.45, 7) is 5.72. The van der Waals surface area contributed by atoms with E-state index in [9.17, 15) is 15.0 Å². The van der Waals surface area contributed by atoms with Crippen LogP contribution in [0.3, 0.4) is 0 Å². The van der Waals surface area contributed by atoms with E-state index in [1.54, 1.807) is 32.0 Å². The van der Waals surface area contributed by atoms with Crippen molar-refractivity contribution in [3.63, 3.8) is 0 Å². The Morgan fingerprint density at radius 2 is 1.88 bits per heavy atom. The zero-order valence-electron chi connectivity index (χ0n) is 18.5. The first kappa shape index (κ1) is 24.1. The number of carbonyl (C=O) groups is 1. The van der Waals surface area contributed by atoms with Gasteiger partial charge in [0.2, 0.25) is 12.2 Å². The van der Waals surface area contributed by atoms with Gasteiger partial charge in [-0.2, -0.15) is 8.78 Å². The van der Waals surface area contributed by atoms with Crippen LogP contribution < -0.4 is 10.1 Å². The predicted molar refractivity (Wildman–Crippen MR) is 115 cm³/mol. The van der Waals surface area contributed by atoms with Crippen molar-refractivity contribution in [1.29, 1.82) is 0 Å².